The summed E-state index contributed by atoms with van der Waals surface area (Å²) in [5.74, 6) is 0.364. The second-order valence-corrected chi connectivity index (χ2v) is 7.62. The Labute approximate surface area is 172 Å². The van der Waals surface area contributed by atoms with Crippen LogP contribution in [0.2, 0.25) is 0 Å². The summed E-state index contributed by atoms with van der Waals surface area (Å²) >= 11 is 0. The van der Waals surface area contributed by atoms with E-state index in [1.165, 1.54) is 6.42 Å². The number of amides is 2. The van der Waals surface area contributed by atoms with Crippen molar-refractivity contribution in [3.8, 4) is 5.75 Å². The van der Waals surface area contributed by atoms with Crippen molar-refractivity contribution < 1.29 is 14.3 Å². The van der Waals surface area contributed by atoms with Crippen LogP contribution in [0.25, 0.3) is 0 Å². The van der Waals surface area contributed by atoms with E-state index in [1.807, 2.05) is 31.1 Å². The van der Waals surface area contributed by atoms with E-state index in [9.17, 15) is 9.59 Å². The third-order valence-electron chi connectivity index (χ3n) is 5.27. The van der Waals surface area contributed by atoms with Crippen LogP contribution < -0.4 is 20.3 Å². The lowest BCUT2D eigenvalue weighted by Gasteiger charge is -2.24. The summed E-state index contributed by atoms with van der Waals surface area (Å²) in [6.07, 6.45) is 5.60. The number of nitrogens with zero attached hydrogens (tertiary/aromatic N) is 1. The zero-order valence-corrected chi connectivity index (χ0v) is 17.3. The number of methoxy groups -OCH3 is 1. The molecular formula is C23H29N3O3. The predicted molar refractivity (Wildman–Crippen MR) is 116 cm³/mol. The Balaban J connectivity index is 1.77. The van der Waals surface area contributed by atoms with Crippen molar-refractivity contribution in [3.05, 3.63) is 53.6 Å². The molecule has 2 aromatic rings. The fourth-order valence-corrected chi connectivity index (χ4v) is 3.64. The van der Waals surface area contributed by atoms with Gasteiger partial charge in [-0.1, -0.05) is 19.3 Å². The van der Waals surface area contributed by atoms with E-state index in [-0.39, 0.29) is 17.9 Å². The smallest absolute Gasteiger partial charge is 0.255 e. The zero-order chi connectivity index (χ0) is 20.8. The fraction of sp³-hybridized carbons (Fsp3) is 0.391. The topological polar surface area (TPSA) is 70.7 Å². The van der Waals surface area contributed by atoms with E-state index in [1.54, 1.807) is 37.4 Å². The van der Waals surface area contributed by atoms with Crippen molar-refractivity contribution in [1.29, 1.82) is 0 Å². The molecule has 1 saturated carbocycles. The molecule has 0 atom stereocenters. The van der Waals surface area contributed by atoms with Gasteiger partial charge in [0.15, 0.2) is 0 Å². The summed E-state index contributed by atoms with van der Waals surface area (Å²) in [6.45, 7) is 0. The van der Waals surface area contributed by atoms with Crippen molar-refractivity contribution in [1.82, 2.24) is 5.32 Å². The van der Waals surface area contributed by atoms with Gasteiger partial charge in [-0.25, -0.2) is 0 Å². The van der Waals surface area contributed by atoms with Gasteiger partial charge in [0.2, 0.25) is 0 Å². The van der Waals surface area contributed by atoms with Crippen molar-refractivity contribution in [2.75, 3.05) is 31.4 Å². The highest BCUT2D eigenvalue weighted by molar-refractivity contribution is 6.06. The molecule has 0 bridgehead atoms. The monoisotopic (exact) mass is 395 g/mol. The molecule has 0 saturated heterocycles. The first-order chi connectivity index (χ1) is 14.0. The number of nitrogens with one attached hydrogen (secondary N) is 2. The molecule has 0 aliphatic heterocycles. The first kappa shape index (κ1) is 20.7. The Morgan fingerprint density at radius 2 is 1.66 bits per heavy atom. The largest absolute Gasteiger partial charge is 0.497 e. The van der Waals surface area contributed by atoms with E-state index in [0.717, 1.165) is 31.4 Å². The number of hydrogen-bond donors (Lipinski definition) is 2. The highest BCUT2D eigenvalue weighted by Crippen LogP contribution is 2.25. The maximum atomic E-state index is 13.0. The van der Waals surface area contributed by atoms with Crippen molar-refractivity contribution in [2.45, 2.75) is 38.1 Å². The molecule has 2 amide bonds. The SMILES string of the molecule is COc1ccc(C(=O)Nc2ccc(N(C)C)c(C(=O)NC3CCCCC3)c2)cc1. The number of rotatable bonds is 6. The molecule has 1 fully saturated rings. The summed E-state index contributed by atoms with van der Waals surface area (Å²) in [5, 5.41) is 6.05. The van der Waals surface area contributed by atoms with Crippen LogP contribution in [0.1, 0.15) is 52.8 Å². The normalized spacial score (nSPS) is 14.2. The second kappa shape index (κ2) is 9.45. The van der Waals surface area contributed by atoms with E-state index in [2.05, 4.69) is 10.6 Å². The van der Waals surface area contributed by atoms with Crippen LogP contribution in [-0.2, 0) is 0 Å². The summed E-state index contributed by atoms with van der Waals surface area (Å²) in [6, 6.07) is 12.5. The second-order valence-electron chi connectivity index (χ2n) is 7.62. The Morgan fingerprint density at radius 3 is 2.28 bits per heavy atom. The Kier molecular flexibility index (Phi) is 6.75. The molecule has 2 aromatic carbocycles. The van der Waals surface area contributed by atoms with Crippen LogP contribution in [0.5, 0.6) is 5.75 Å². The standard InChI is InChI=1S/C23H29N3O3/c1-26(2)21-14-11-18(25-22(27)16-9-12-19(29-3)13-10-16)15-20(21)23(28)24-17-7-5-4-6-8-17/h9-15,17H,4-8H2,1-3H3,(H,24,28)(H,25,27). The fourth-order valence-electron chi connectivity index (χ4n) is 3.64. The van der Waals surface area contributed by atoms with Gasteiger partial charge in [-0.2, -0.15) is 0 Å². The van der Waals surface area contributed by atoms with Crippen LogP contribution in [0.15, 0.2) is 42.5 Å². The van der Waals surface area contributed by atoms with Gasteiger partial charge < -0.3 is 20.3 Å². The van der Waals surface area contributed by atoms with Crippen LogP contribution in [-0.4, -0.2) is 39.1 Å². The van der Waals surface area contributed by atoms with Crippen molar-refractivity contribution >= 4 is 23.2 Å². The molecule has 2 N–H and O–H groups in total. The number of ether oxygens (including phenoxy) is 1. The van der Waals surface area contributed by atoms with Crippen LogP contribution in [0, 0.1) is 0 Å². The van der Waals surface area contributed by atoms with E-state index < -0.39 is 0 Å². The Hall–Kier alpha value is -3.02. The average molecular weight is 396 g/mol. The van der Waals surface area contributed by atoms with Gasteiger partial charge in [-0.15, -0.1) is 0 Å². The minimum Gasteiger partial charge on any atom is -0.497 e. The molecule has 0 heterocycles. The Morgan fingerprint density at radius 1 is 0.966 bits per heavy atom. The van der Waals surface area contributed by atoms with Crippen LogP contribution in [0.3, 0.4) is 0 Å². The lowest BCUT2D eigenvalue weighted by atomic mass is 9.95. The number of anilines is 2. The lowest BCUT2D eigenvalue weighted by Crippen LogP contribution is -2.36. The van der Waals surface area contributed by atoms with E-state index in [0.29, 0.717) is 22.6 Å². The minimum absolute atomic E-state index is 0.0962. The van der Waals surface area contributed by atoms with Crippen molar-refractivity contribution in [3.63, 3.8) is 0 Å². The first-order valence-corrected chi connectivity index (χ1v) is 10.1. The third kappa shape index (κ3) is 5.28. The molecule has 29 heavy (non-hydrogen) atoms. The Bertz CT molecular complexity index is 856. The van der Waals surface area contributed by atoms with E-state index in [4.69, 9.17) is 4.74 Å². The van der Waals surface area contributed by atoms with Gasteiger partial charge in [0.05, 0.1) is 12.7 Å². The lowest BCUT2D eigenvalue weighted by molar-refractivity contribution is 0.0927. The number of carbonyl (C=O) groups is 2. The highest BCUT2D eigenvalue weighted by Gasteiger charge is 2.20. The summed E-state index contributed by atoms with van der Waals surface area (Å²) < 4.78 is 5.13. The zero-order valence-electron chi connectivity index (χ0n) is 17.3. The molecule has 3 rings (SSSR count). The van der Waals surface area contributed by atoms with Gasteiger partial charge in [0.25, 0.3) is 11.8 Å². The van der Waals surface area contributed by atoms with Gasteiger partial charge in [0, 0.05) is 37.1 Å². The molecule has 0 radical (unpaired) electrons. The summed E-state index contributed by atoms with van der Waals surface area (Å²) in [4.78, 5) is 27.4. The maximum absolute atomic E-state index is 13.0. The van der Waals surface area contributed by atoms with Crippen LogP contribution in [0.4, 0.5) is 11.4 Å². The van der Waals surface area contributed by atoms with Gasteiger partial charge >= 0.3 is 0 Å². The van der Waals surface area contributed by atoms with Crippen LogP contribution >= 0.6 is 0 Å². The van der Waals surface area contributed by atoms with E-state index >= 15 is 0 Å². The number of carbonyl (C=O) groups excluding carboxylic acids is 2. The summed E-state index contributed by atoms with van der Waals surface area (Å²) in [5.41, 5.74) is 2.50. The van der Waals surface area contributed by atoms with Gasteiger partial charge in [-0.3, -0.25) is 9.59 Å². The van der Waals surface area contributed by atoms with Crippen molar-refractivity contribution in [2.24, 2.45) is 0 Å². The maximum Gasteiger partial charge on any atom is 0.255 e. The molecule has 6 heteroatoms. The highest BCUT2D eigenvalue weighted by atomic mass is 16.5. The molecule has 154 valence electrons. The summed E-state index contributed by atoms with van der Waals surface area (Å²) in [7, 11) is 5.39. The predicted octanol–water partition coefficient (Wildman–Crippen LogP) is 4.08. The molecule has 1 aliphatic rings. The molecule has 1 aliphatic carbocycles. The number of benzene rings is 2. The van der Waals surface area contributed by atoms with Gasteiger partial charge in [-0.05, 0) is 55.3 Å². The third-order valence-corrected chi connectivity index (χ3v) is 5.27. The first-order valence-electron chi connectivity index (χ1n) is 10.1. The molecule has 0 unspecified atom stereocenters. The van der Waals surface area contributed by atoms with Gasteiger partial charge in [0.1, 0.15) is 5.75 Å². The average Bonchev–Trinajstić information content (AvgIpc) is 2.74. The molecular weight excluding hydrogens is 366 g/mol. The molecule has 0 spiro atoms. The molecule has 0 aromatic heterocycles. The minimum atomic E-state index is -0.233. The molecule has 6 nitrogen and oxygen atoms in total. The number of hydrogen-bond acceptors (Lipinski definition) is 4. The quantitative estimate of drug-likeness (QED) is 0.773.